The summed E-state index contributed by atoms with van der Waals surface area (Å²) < 4.78 is 0. The first kappa shape index (κ1) is 29.2. The number of hydrogen-bond acceptors (Lipinski definition) is 5. The van der Waals surface area contributed by atoms with Gasteiger partial charge >= 0.3 is 0 Å². The van der Waals surface area contributed by atoms with E-state index in [0.717, 1.165) is 35.3 Å². The summed E-state index contributed by atoms with van der Waals surface area (Å²) in [7, 11) is 0. The molecule has 9 heteroatoms. The van der Waals surface area contributed by atoms with Crippen LogP contribution in [-0.2, 0) is 40.3 Å². The molecule has 6 rings (SSSR count). The van der Waals surface area contributed by atoms with Crippen LogP contribution in [0.2, 0.25) is 5.02 Å². The van der Waals surface area contributed by atoms with Crippen molar-refractivity contribution in [1.82, 2.24) is 20.4 Å². The van der Waals surface area contributed by atoms with E-state index in [1.165, 1.54) is 5.56 Å². The minimum absolute atomic E-state index is 0.0740. The Bertz CT molecular complexity index is 1470. The average Bonchev–Trinajstić information content (AvgIpc) is 3.45. The van der Waals surface area contributed by atoms with Crippen LogP contribution in [0.5, 0.6) is 0 Å². The number of rotatable bonds is 8. The Hall–Kier alpha value is -3.88. The Balaban J connectivity index is 1.13. The molecule has 3 amide bonds. The Morgan fingerprint density at radius 2 is 1.63 bits per heavy atom. The van der Waals surface area contributed by atoms with E-state index in [4.69, 9.17) is 11.6 Å². The van der Waals surface area contributed by atoms with Gasteiger partial charge in [-0.1, -0.05) is 66.2 Å². The molecule has 3 aliphatic rings. The molecule has 0 unspecified atom stereocenters. The van der Waals surface area contributed by atoms with Gasteiger partial charge < -0.3 is 25.3 Å². The predicted molar refractivity (Wildman–Crippen MR) is 168 cm³/mol. The Morgan fingerprint density at radius 3 is 2.37 bits per heavy atom. The Labute approximate surface area is 258 Å². The monoisotopic (exact) mass is 599 g/mol. The lowest BCUT2D eigenvalue weighted by Gasteiger charge is -2.39. The molecule has 2 atom stereocenters. The fraction of sp³-hybridized carbons (Fsp3) is 0.382. The standard InChI is InChI=1S/C34H38ClN5O3/c35-28-13-11-24(12-14-28)20-30(37-33(42)29-21-25-6-1-2-7-26(25)22-36-29)34(43)39-18-16-38(17-19-39)31-9-4-3-8-27(31)23-40-15-5-10-32(40)41/h1-4,6-9,11-14,29-30,36H,5,10,15-23H2,(H,37,42)/t29-,30-/m1/s1. The van der Waals surface area contributed by atoms with Crippen LogP contribution in [0.15, 0.2) is 72.8 Å². The first-order chi connectivity index (χ1) is 20.9. The van der Waals surface area contributed by atoms with Gasteiger partial charge in [-0.15, -0.1) is 0 Å². The van der Waals surface area contributed by atoms with Gasteiger partial charge in [0.15, 0.2) is 0 Å². The molecule has 0 radical (unpaired) electrons. The van der Waals surface area contributed by atoms with Gasteiger partial charge in [0.1, 0.15) is 6.04 Å². The summed E-state index contributed by atoms with van der Waals surface area (Å²) in [5.41, 5.74) is 5.55. The van der Waals surface area contributed by atoms with E-state index in [9.17, 15) is 14.4 Å². The summed E-state index contributed by atoms with van der Waals surface area (Å²) in [5, 5.41) is 7.07. The molecule has 2 N–H and O–H groups in total. The lowest BCUT2D eigenvalue weighted by Crippen LogP contribution is -2.58. The molecule has 8 nitrogen and oxygen atoms in total. The van der Waals surface area contributed by atoms with E-state index >= 15 is 0 Å². The Morgan fingerprint density at radius 1 is 0.907 bits per heavy atom. The minimum atomic E-state index is -0.687. The first-order valence-electron chi connectivity index (χ1n) is 15.2. The molecule has 0 bridgehead atoms. The predicted octanol–water partition coefficient (Wildman–Crippen LogP) is 3.55. The number of nitrogens with zero attached hydrogens (tertiary/aromatic N) is 3. The number of carbonyl (C=O) groups excluding carboxylic acids is 3. The van der Waals surface area contributed by atoms with Crippen LogP contribution < -0.4 is 15.5 Å². The van der Waals surface area contributed by atoms with Crippen molar-refractivity contribution in [2.75, 3.05) is 37.6 Å². The number of likely N-dealkylation sites (tertiary alicyclic amines) is 1. The first-order valence-corrected chi connectivity index (χ1v) is 15.6. The molecule has 3 aromatic rings. The van der Waals surface area contributed by atoms with Gasteiger partial charge in [-0.05, 0) is 53.3 Å². The number of halogens is 1. The summed E-state index contributed by atoms with van der Waals surface area (Å²) in [6.45, 7) is 4.51. The van der Waals surface area contributed by atoms with Gasteiger partial charge in [0.2, 0.25) is 17.7 Å². The molecule has 2 fully saturated rings. The quantitative estimate of drug-likeness (QED) is 0.414. The van der Waals surface area contributed by atoms with E-state index < -0.39 is 12.1 Å². The van der Waals surface area contributed by atoms with E-state index in [0.29, 0.717) is 63.6 Å². The van der Waals surface area contributed by atoms with Gasteiger partial charge in [-0.25, -0.2) is 0 Å². The third-order valence-corrected chi connectivity index (χ3v) is 9.07. The SMILES string of the molecule is O=C(N[C@H](Cc1ccc(Cl)cc1)C(=O)N1CCN(c2ccccc2CN2CCCC2=O)CC1)[C@H]1Cc2ccccc2CN1. The molecule has 0 aliphatic carbocycles. The van der Waals surface area contributed by atoms with Crippen LogP contribution in [0.25, 0.3) is 0 Å². The number of hydrogen-bond donors (Lipinski definition) is 2. The number of piperazine rings is 1. The van der Waals surface area contributed by atoms with E-state index in [2.05, 4.69) is 39.8 Å². The van der Waals surface area contributed by atoms with Gasteiger partial charge in [0.05, 0.1) is 6.04 Å². The van der Waals surface area contributed by atoms with E-state index in [1.807, 2.05) is 58.3 Å². The summed E-state index contributed by atoms with van der Waals surface area (Å²) in [6.07, 6.45) is 2.52. The zero-order valence-electron chi connectivity index (χ0n) is 24.3. The smallest absolute Gasteiger partial charge is 0.245 e. The number of anilines is 1. The normalized spacial score (nSPS) is 19.2. The maximum atomic E-state index is 14.0. The van der Waals surface area contributed by atoms with Crippen molar-refractivity contribution < 1.29 is 14.4 Å². The molecule has 0 saturated carbocycles. The third kappa shape index (κ3) is 6.86. The van der Waals surface area contributed by atoms with Crippen LogP contribution in [0, 0.1) is 0 Å². The average molecular weight is 600 g/mol. The highest BCUT2D eigenvalue weighted by Crippen LogP contribution is 2.26. The van der Waals surface area contributed by atoms with Crippen LogP contribution in [-0.4, -0.2) is 72.3 Å². The summed E-state index contributed by atoms with van der Waals surface area (Å²) >= 11 is 6.11. The molecule has 3 aliphatic heterocycles. The van der Waals surface area contributed by atoms with Gasteiger partial charge in [-0.2, -0.15) is 0 Å². The van der Waals surface area contributed by atoms with Crippen LogP contribution >= 0.6 is 11.6 Å². The van der Waals surface area contributed by atoms with Crippen molar-refractivity contribution in [3.63, 3.8) is 0 Å². The van der Waals surface area contributed by atoms with Crippen molar-refractivity contribution in [3.8, 4) is 0 Å². The van der Waals surface area contributed by atoms with Gasteiger partial charge in [0.25, 0.3) is 0 Å². The number of benzene rings is 3. The number of nitrogens with one attached hydrogen (secondary N) is 2. The number of fused-ring (bicyclic) bond motifs is 1. The van der Waals surface area contributed by atoms with Crippen molar-refractivity contribution in [2.45, 2.75) is 50.9 Å². The largest absolute Gasteiger partial charge is 0.368 e. The topological polar surface area (TPSA) is 85.0 Å². The highest BCUT2D eigenvalue weighted by Gasteiger charge is 2.32. The van der Waals surface area contributed by atoms with Gasteiger partial charge in [0, 0.05) is 69.4 Å². The molecular formula is C34H38ClN5O3. The van der Waals surface area contributed by atoms with Crippen LogP contribution in [0.1, 0.15) is 35.1 Å². The fourth-order valence-electron chi connectivity index (χ4n) is 6.39. The second kappa shape index (κ2) is 13.2. The second-order valence-corrected chi connectivity index (χ2v) is 12.1. The highest BCUT2D eigenvalue weighted by atomic mass is 35.5. The molecule has 3 heterocycles. The number of para-hydroxylation sites is 1. The molecule has 0 spiro atoms. The van der Waals surface area contributed by atoms with Crippen molar-refractivity contribution in [1.29, 1.82) is 0 Å². The Kier molecular flexibility index (Phi) is 8.95. The van der Waals surface area contributed by atoms with Gasteiger partial charge in [-0.3, -0.25) is 14.4 Å². The lowest BCUT2D eigenvalue weighted by molar-refractivity contribution is -0.137. The fourth-order valence-corrected chi connectivity index (χ4v) is 6.51. The molecule has 43 heavy (non-hydrogen) atoms. The van der Waals surface area contributed by atoms with Crippen molar-refractivity contribution in [2.24, 2.45) is 0 Å². The van der Waals surface area contributed by atoms with E-state index in [1.54, 1.807) is 0 Å². The second-order valence-electron chi connectivity index (χ2n) is 11.7. The maximum Gasteiger partial charge on any atom is 0.245 e. The zero-order chi connectivity index (χ0) is 29.8. The maximum absolute atomic E-state index is 14.0. The molecule has 224 valence electrons. The molecule has 0 aromatic heterocycles. The molecular weight excluding hydrogens is 562 g/mol. The number of carbonyl (C=O) groups is 3. The molecule has 2 saturated heterocycles. The highest BCUT2D eigenvalue weighted by molar-refractivity contribution is 6.30. The van der Waals surface area contributed by atoms with Crippen LogP contribution in [0.3, 0.4) is 0 Å². The summed E-state index contributed by atoms with van der Waals surface area (Å²) in [6, 6.07) is 22.7. The van der Waals surface area contributed by atoms with Crippen molar-refractivity contribution in [3.05, 3.63) is 100 Å². The van der Waals surface area contributed by atoms with Crippen LogP contribution in [0.4, 0.5) is 5.69 Å². The number of amides is 3. The summed E-state index contributed by atoms with van der Waals surface area (Å²) in [5.74, 6) is -0.0208. The van der Waals surface area contributed by atoms with E-state index in [-0.39, 0.29) is 17.7 Å². The minimum Gasteiger partial charge on any atom is -0.368 e. The third-order valence-electron chi connectivity index (χ3n) is 8.82. The summed E-state index contributed by atoms with van der Waals surface area (Å²) in [4.78, 5) is 45.8. The molecule has 3 aromatic carbocycles. The van der Waals surface area contributed by atoms with Crippen molar-refractivity contribution >= 4 is 35.0 Å². The lowest BCUT2D eigenvalue weighted by atomic mass is 9.95. The zero-order valence-corrected chi connectivity index (χ0v) is 25.1.